The number of halogens is 1. The minimum atomic E-state index is -0.165. The van der Waals surface area contributed by atoms with E-state index in [4.69, 9.17) is 16.3 Å². The molecule has 0 unspecified atom stereocenters. The molecule has 2 aromatic heterocycles. The first-order valence-electron chi connectivity index (χ1n) is 9.01. The maximum atomic E-state index is 12.3. The van der Waals surface area contributed by atoms with E-state index in [9.17, 15) is 4.79 Å². The fourth-order valence-corrected chi connectivity index (χ4v) is 5.23. The van der Waals surface area contributed by atoms with E-state index in [0.717, 1.165) is 52.1 Å². The van der Waals surface area contributed by atoms with Gasteiger partial charge in [-0.25, -0.2) is 9.97 Å². The molecular formula is C20H19ClN2O2S2. The summed E-state index contributed by atoms with van der Waals surface area (Å²) in [5.41, 5.74) is 2.13. The molecule has 0 saturated heterocycles. The lowest BCUT2D eigenvalue weighted by atomic mass is 9.98. The van der Waals surface area contributed by atoms with Crippen LogP contribution in [0.25, 0.3) is 21.3 Å². The number of hydrogen-bond acceptors (Lipinski definition) is 6. The van der Waals surface area contributed by atoms with Crippen LogP contribution in [-0.4, -0.2) is 27.8 Å². The molecule has 27 heavy (non-hydrogen) atoms. The van der Waals surface area contributed by atoms with Gasteiger partial charge < -0.3 is 4.74 Å². The standard InChI is InChI=1S/C20H19ClN2O2S2/c21-14-8-6-13(7-9-14)16-10-26-19-18(16)20(23-12-22-19)27-11-17(24)25-15-4-2-1-3-5-15/h6-10,12,15H,1-5,11H2. The molecule has 0 spiro atoms. The summed E-state index contributed by atoms with van der Waals surface area (Å²) in [6, 6.07) is 7.72. The molecule has 3 aromatic rings. The number of carbonyl (C=O) groups is 1. The molecular weight excluding hydrogens is 400 g/mol. The first kappa shape index (κ1) is 18.7. The van der Waals surface area contributed by atoms with Gasteiger partial charge in [-0.15, -0.1) is 11.3 Å². The second kappa shape index (κ2) is 8.59. The fourth-order valence-electron chi connectivity index (χ4n) is 3.33. The molecule has 4 rings (SSSR count). The van der Waals surface area contributed by atoms with E-state index in [1.807, 2.05) is 24.3 Å². The van der Waals surface area contributed by atoms with Crippen LogP contribution in [0.15, 0.2) is 41.0 Å². The molecule has 1 aliphatic rings. The Labute approximate surface area is 171 Å². The van der Waals surface area contributed by atoms with E-state index in [0.29, 0.717) is 5.02 Å². The second-order valence-corrected chi connectivity index (χ2v) is 8.81. The molecule has 0 atom stereocenters. The molecule has 1 aromatic carbocycles. The van der Waals surface area contributed by atoms with Crippen molar-refractivity contribution in [1.29, 1.82) is 0 Å². The Kier molecular flexibility index (Phi) is 5.95. The summed E-state index contributed by atoms with van der Waals surface area (Å²) in [6.07, 6.45) is 7.15. The quantitative estimate of drug-likeness (QED) is 0.290. The minimum Gasteiger partial charge on any atom is -0.462 e. The average Bonchev–Trinajstić information content (AvgIpc) is 3.12. The molecule has 7 heteroatoms. The normalized spacial score (nSPS) is 15.1. The highest BCUT2D eigenvalue weighted by Crippen LogP contribution is 2.38. The molecule has 0 N–H and O–H groups in total. The highest BCUT2D eigenvalue weighted by molar-refractivity contribution is 8.00. The number of rotatable bonds is 5. The summed E-state index contributed by atoms with van der Waals surface area (Å²) in [4.78, 5) is 22.0. The number of fused-ring (bicyclic) bond motifs is 1. The lowest BCUT2D eigenvalue weighted by Crippen LogP contribution is -2.21. The highest BCUT2D eigenvalue weighted by atomic mass is 35.5. The third-order valence-electron chi connectivity index (χ3n) is 4.67. The van der Waals surface area contributed by atoms with Gasteiger partial charge in [0.15, 0.2) is 0 Å². The summed E-state index contributed by atoms with van der Waals surface area (Å²) in [5.74, 6) is 0.0975. The molecule has 0 amide bonds. The first-order valence-corrected chi connectivity index (χ1v) is 11.3. The summed E-state index contributed by atoms with van der Waals surface area (Å²) in [6.45, 7) is 0. The number of thioether (sulfide) groups is 1. The molecule has 1 fully saturated rings. The van der Waals surface area contributed by atoms with Gasteiger partial charge in [-0.2, -0.15) is 0 Å². The number of ether oxygens (including phenoxy) is 1. The van der Waals surface area contributed by atoms with Crippen LogP contribution < -0.4 is 0 Å². The molecule has 0 bridgehead atoms. The number of thiophene rings is 1. The van der Waals surface area contributed by atoms with Crippen LogP contribution in [0, 0.1) is 0 Å². The number of benzene rings is 1. The van der Waals surface area contributed by atoms with Crippen molar-refractivity contribution in [3.63, 3.8) is 0 Å². The SMILES string of the molecule is O=C(CSc1ncnc2scc(-c3ccc(Cl)cc3)c12)OC1CCCCC1. The van der Waals surface area contributed by atoms with Crippen molar-refractivity contribution in [2.45, 2.75) is 43.2 Å². The summed E-state index contributed by atoms with van der Waals surface area (Å²) < 4.78 is 5.62. The number of aromatic nitrogens is 2. The number of esters is 1. The van der Waals surface area contributed by atoms with Crippen molar-refractivity contribution >= 4 is 50.9 Å². The van der Waals surface area contributed by atoms with E-state index < -0.39 is 0 Å². The Morgan fingerprint density at radius 1 is 1.19 bits per heavy atom. The van der Waals surface area contributed by atoms with Crippen molar-refractivity contribution < 1.29 is 9.53 Å². The molecule has 1 aliphatic carbocycles. The Morgan fingerprint density at radius 3 is 2.74 bits per heavy atom. The molecule has 4 nitrogen and oxygen atoms in total. The number of nitrogens with zero attached hydrogens (tertiary/aromatic N) is 2. The summed E-state index contributed by atoms with van der Waals surface area (Å²) >= 11 is 9.00. The van der Waals surface area contributed by atoms with Gasteiger partial charge in [0.05, 0.1) is 11.1 Å². The summed E-state index contributed by atoms with van der Waals surface area (Å²) in [5, 5.41) is 4.58. The van der Waals surface area contributed by atoms with Crippen LogP contribution >= 0.6 is 34.7 Å². The van der Waals surface area contributed by atoms with E-state index in [1.54, 1.807) is 17.7 Å². The van der Waals surface area contributed by atoms with Crippen molar-refractivity contribution in [3.05, 3.63) is 41.0 Å². The van der Waals surface area contributed by atoms with E-state index in [1.165, 1.54) is 18.2 Å². The minimum absolute atomic E-state index is 0.0862. The maximum Gasteiger partial charge on any atom is 0.316 e. The third kappa shape index (κ3) is 4.45. The van der Waals surface area contributed by atoms with E-state index in [-0.39, 0.29) is 17.8 Å². The number of hydrogen-bond donors (Lipinski definition) is 0. The molecule has 1 saturated carbocycles. The van der Waals surface area contributed by atoms with Gasteiger partial charge in [-0.1, -0.05) is 41.9 Å². The van der Waals surface area contributed by atoms with Crippen LogP contribution in [0.2, 0.25) is 5.02 Å². The molecule has 2 heterocycles. The monoisotopic (exact) mass is 418 g/mol. The van der Waals surface area contributed by atoms with Crippen molar-refractivity contribution in [1.82, 2.24) is 9.97 Å². The van der Waals surface area contributed by atoms with Gasteiger partial charge in [-0.05, 0) is 43.4 Å². The van der Waals surface area contributed by atoms with E-state index in [2.05, 4.69) is 15.3 Å². The van der Waals surface area contributed by atoms with Crippen LogP contribution in [-0.2, 0) is 9.53 Å². The predicted octanol–water partition coefficient (Wildman–Crippen LogP) is 5.98. The zero-order valence-electron chi connectivity index (χ0n) is 14.7. The zero-order valence-corrected chi connectivity index (χ0v) is 17.1. The lowest BCUT2D eigenvalue weighted by Gasteiger charge is -2.21. The van der Waals surface area contributed by atoms with Crippen molar-refractivity contribution in [2.24, 2.45) is 0 Å². The number of carbonyl (C=O) groups excluding carboxylic acids is 1. The first-order chi connectivity index (χ1) is 13.2. The lowest BCUT2D eigenvalue weighted by molar-refractivity contribution is -0.147. The second-order valence-electron chi connectivity index (χ2n) is 6.55. The van der Waals surface area contributed by atoms with Gasteiger partial charge in [0.2, 0.25) is 0 Å². The average molecular weight is 419 g/mol. The Hall–Kier alpha value is -1.63. The molecule has 140 valence electrons. The molecule has 0 radical (unpaired) electrons. The topological polar surface area (TPSA) is 52.1 Å². The summed E-state index contributed by atoms with van der Waals surface area (Å²) in [7, 11) is 0. The fraction of sp³-hybridized carbons (Fsp3) is 0.350. The Bertz CT molecular complexity index is 937. The predicted molar refractivity (Wildman–Crippen MR) is 112 cm³/mol. The van der Waals surface area contributed by atoms with Gasteiger partial charge in [-0.3, -0.25) is 4.79 Å². The van der Waals surface area contributed by atoms with Crippen LogP contribution in [0.4, 0.5) is 0 Å². The highest BCUT2D eigenvalue weighted by Gasteiger charge is 2.19. The van der Waals surface area contributed by atoms with Gasteiger partial charge in [0.1, 0.15) is 22.3 Å². The van der Waals surface area contributed by atoms with Crippen molar-refractivity contribution in [2.75, 3.05) is 5.75 Å². The largest absolute Gasteiger partial charge is 0.462 e. The van der Waals surface area contributed by atoms with Gasteiger partial charge >= 0.3 is 5.97 Å². The third-order valence-corrected chi connectivity index (χ3v) is 6.77. The van der Waals surface area contributed by atoms with Gasteiger partial charge in [0, 0.05) is 16.0 Å². The maximum absolute atomic E-state index is 12.3. The van der Waals surface area contributed by atoms with Gasteiger partial charge in [0.25, 0.3) is 0 Å². The van der Waals surface area contributed by atoms with Crippen LogP contribution in [0.3, 0.4) is 0 Å². The Morgan fingerprint density at radius 2 is 1.96 bits per heavy atom. The van der Waals surface area contributed by atoms with Crippen molar-refractivity contribution in [3.8, 4) is 11.1 Å². The smallest absolute Gasteiger partial charge is 0.316 e. The van der Waals surface area contributed by atoms with E-state index >= 15 is 0 Å². The molecule has 0 aliphatic heterocycles. The zero-order chi connectivity index (χ0) is 18.6. The Balaban J connectivity index is 1.52. The van der Waals surface area contributed by atoms with Crippen LogP contribution in [0.1, 0.15) is 32.1 Å². The van der Waals surface area contributed by atoms with Crippen LogP contribution in [0.5, 0.6) is 0 Å².